The van der Waals surface area contributed by atoms with E-state index in [0.717, 1.165) is 31.1 Å². The van der Waals surface area contributed by atoms with Gasteiger partial charge in [-0.1, -0.05) is 27.7 Å². The summed E-state index contributed by atoms with van der Waals surface area (Å²) < 4.78 is 0. The van der Waals surface area contributed by atoms with E-state index in [9.17, 15) is 0 Å². The second-order valence-corrected chi connectivity index (χ2v) is 5.55. The number of likely N-dealkylation sites (tertiary alicyclic amines) is 1. The average Bonchev–Trinajstić information content (AvgIpc) is 2.61. The van der Waals surface area contributed by atoms with Gasteiger partial charge in [-0.25, -0.2) is 0 Å². The summed E-state index contributed by atoms with van der Waals surface area (Å²) in [6.45, 7) is 13.9. The largest absolute Gasteiger partial charge is 0.315 e. The Morgan fingerprint density at radius 3 is 2.44 bits per heavy atom. The van der Waals surface area contributed by atoms with Crippen LogP contribution in [-0.4, -0.2) is 36.1 Å². The van der Waals surface area contributed by atoms with Gasteiger partial charge in [-0.3, -0.25) is 4.90 Å². The molecule has 3 unspecified atom stereocenters. The van der Waals surface area contributed by atoms with Crippen LogP contribution in [0.1, 0.15) is 53.9 Å². The number of nitrogens with zero attached hydrogens (tertiary/aromatic N) is 1. The predicted molar refractivity (Wildman–Crippen MR) is 71.8 cm³/mol. The lowest BCUT2D eigenvalue weighted by Gasteiger charge is -2.38. The van der Waals surface area contributed by atoms with Crippen molar-refractivity contribution in [2.75, 3.05) is 13.1 Å². The van der Waals surface area contributed by atoms with Crippen molar-refractivity contribution in [1.82, 2.24) is 10.2 Å². The van der Waals surface area contributed by atoms with Gasteiger partial charge in [0.25, 0.3) is 0 Å². The van der Waals surface area contributed by atoms with Crippen molar-refractivity contribution in [3.63, 3.8) is 0 Å². The molecule has 0 aromatic rings. The SMILES string of the molecule is CCNCC(C(C)C)N1C(C)CCC1CC. The first kappa shape index (κ1) is 14.0. The molecule has 1 aliphatic heterocycles. The molecule has 0 amide bonds. The Balaban J connectivity index is 2.66. The molecule has 1 rings (SSSR count). The van der Waals surface area contributed by atoms with E-state index < -0.39 is 0 Å². The van der Waals surface area contributed by atoms with Crippen LogP contribution >= 0.6 is 0 Å². The summed E-state index contributed by atoms with van der Waals surface area (Å²) in [5, 5.41) is 3.53. The first-order valence-corrected chi connectivity index (χ1v) is 7.09. The zero-order valence-electron chi connectivity index (χ0n) is 11.8. The highest BCUT2D eigenvalue weighted by Crippen LogP contribution is 2.30. The quantitative estimate of drug-likeness (QED) is 0.749. The Bertz CT molecular complexity index is 191. The minimum atomic E-state index is 0.711. The number of nitrogens with one attached hydrogen (secondary N) is 1. The normalized spacial score (nSPS) is 28.9. The first-order chi connectivity index (χ1) is 7.61. The molecule has 0 aromatic heterocycles. The Labute approximate surface area is 102 Å². The van der Waals surface area contributed by atoms with Crippen LogP contribution in [0.15, 0.2) is 0 Å². The number of hydrogen-bond acceptors (Lipinski definition) is 2. The molecule has 1 aliphatic rings. The molecule has 0 radical (unpaired) electrons. The number of rotatable bonds is 6. The van der Waals surface area contributed by atoms with Crippen molar-refractivity contribution in [2.45, 2.75) is 72.0 Å². The minimum Gasteiger partial charge on any atom is -0.315 e. The summed E-state index contributed by atoms with van der Waals surface area (Å²) in [5.41, 5.74) is 0. The lowest BCUT2D eigenvalue weighted by Crippen LogP contribution is -2.50. The molecule has 1 fully saturated rings. The third-order valence-electron chi connectivity index (χ3n) is 4.08. The molecule has 2 nitrogen and oxygen atoms in total. The molecule has 3 atom stereocenters. The van der Waals surface area contributed by atoms with Gasteiger partial charge in [-0.15, -0.1) is 0 Å². The standard InChI is InChI=1S/C14H30N2/c1-6-13-9-8-12(5)16(13)14(11(3)4)10-15-7-2/h11-15H,6-10H2,1-5H3. The molecule has 1 saturated heterocycles. The van der Waals surface area contributed by atoms with Gasteiger partial charge in [0, 0.05) is 24.7 Å². The van der Waals surface area contributed by atoms with Gasteiger partial charge >= 0.3 is 0 Å². The van der Waals surface area contributed by atoms with Crippen molar-refractivity contribution in [3.05, 3.63) is 0 Å². The molecular weight excluding hydrogens is 196 g/mol. The summed E-state index contributed by atoms with van der Waals surface area (Å²) in [4.78, 5) is 2.79. The van der Waals surface area contributed by atoms with Crippen molar-refractivity contribution >= 4 is 0 Å². The van der Waals surface area contributed by atoms with Crippen LogP contribution in [0.3, 0.4) is 0 Å². The van der Waals surface area contributed by atoms with Gasteiger partial charge in [0.2, 0.25) is 0 Å². The molecule has 0 saturated carbocycles. The zero-order valence-corrected chi connectivity index (χ0v) is 11.8. The zero-order chi connectivity index (χ0) is 12.1. The third kappa shape index (κ3) is 3.21. The summed E-state index contributed by atoms with van der Waals surface area (Å²) in [5.74, 6) is 0.744. The predicted octanol–water partition coefficient (Wildman–Crippen LogP) is 2.88. The third-order valence-corrected chi connectivity index (χ3v) is 4.08. The van der Waals surface area contributed by atoms with Gasteiger partial charge in [0.1, 0.15) is 0 Å². The number of likely N-dealkylation sites (N-methyl/N-ethyl adjacent to an activating group) is 1. The molecule has 0 bridgehead atoms. The maximum absolute atomic E-state index is 3.53. The molecule has 1 heterocycles. The fraction of sp³-hybridized carbons (Fsp3) is 1.00. The van der Waals surface area contributed by atoms with Gasteiger partial charge in [0.15, 0.2) is 0 Å². The van der Waals surface area contributed by atoms with E-state index >= 15 is 0 Å². The second kappa shape index (κ2) is 6.61. The van der Waals surface area contributed by atoms with Crippen LogP contribution in [0.2, 0.25) is 0 Å². The average molecular weight is 226 g/mol. The van der Waals surface area contributed by atoms with Gasteiger partial charge in [-0.2, -0.15) is 0 Å². The first-order valence-electron chi connectivity index (χ1n) is 7.09. The second-order valence-electron chi connectivity index (χ2n) is 5.55. The van der Waals surface area contributed by atoms with Crippen molar-refractivity contribution in [3.8, 4) is 0 Å². The van der Waals surface area contributed by atoms with Gasteiger partial charge < -0.3 is 5.32 Å². The van der Waals surface area contributed by atoms with Crippen LogP contribution in [0, 0.1) is 5.92 Å². The monoisotopic (exact) mass is 226 g/mol. The van der Waals surface area contributed by atoms with E-state index in [1.54, 1.807) is 0 Å². The summed E-state index contributed by atoms with van der Waals surface area (Å²) in [6, 6.07) is 2.31. The maximum atomic E-state index is 3.53. The fourth-order valence-corrected chi connectivity index (χ4v) is 3.08. The van der Waals surface area contributed by atoms with Crippen LogP contribution < -0.4 is 5.32 Å². The minimum absolute atomic E-state index is 0.711. The van der Waals surface area contributed by atoms with E-state index in [2.05, 4.69) is 44.8 Å². The van der Waals surface area contributed by atoms with Gasteiger partial charge in [-0.05, 0) is 38.6 Å². The molecular formula is C14H30N2. The van der Waals surface area contributed by atoms with E-state index in [0.29, 0.717) is 6.04 Å². The Morgan fingerprint density at radius 1 is 1.25 bits per heavy atom. The Kier molecular flexibility index (Phi) is 5.77. The lowest BCUT2D eigenvalue weighted by atomic mass is 10.00. The molecule has 0 aromatic carbocycles. The molecule has 96 valence electrons. The summed E-state index contributed by atoms with van der Waals surface area (Å²) in [6.07, 6.45) is 4.08. The summed E-state index contributed by atoms with van der Waals surface area (Å²) in [7, 11) is 0. The van der Waals surface area contributed by atoms with Crippen molar-refractivity contribution < 1.29 is 0 Å². The van der Waals surface area contributed by atoms with Crippen LogP contribution in [-0.2, 0) is 0 Å². The molecule has 0 spiro atoms. The fourth-order valence-electron chi connectivity index (χ4n) is 3.08. The van der Waals surface area contributed by atoms with Crippen molar-refractivity contribution in [2.24, 2.45) is 5.92 Å². The van der Waals surface area contributed by atoms with Crippen LogP contribution in [0.25, 0.3) is 0 Å². The van der Waals surface area contributed by atoms with E-state index in [1.165, 1.54) is 19.3 Å². The topological polar surface area (TPSA) is 15.3 Å². The van der Waals surface area contributed by atoms with Crippen molar-refractivity contribution in [1.29, 1.82) is 0 Å². The maximum Gasteiger partial charge on any atom is 0.0249 e. The molecule has 16 heavy (non-hydrogen) atoms. The Morgan fingerprint density at radius 2 is 1.94 bits per heavy atom. The van der Waals surface area contributed by atoms with E-state index in [4.69, 9.17) is 0 Å². The lowest BCUT2D eigenvalue weighted by molar-refractivity contribution is 0.0992. The Hall–Kier alpha value is -0.0800. The highest BCUT2D eigenvalue weighted by molar-refractivity contribution is 4.91. The molecule has 0 aliphatic carbocycles. The van der Waals surface area contributed by atoms with Crippen LogP contribution in [0.5, 0.6) is 0 Å². The van der Waals surface area contributed by atoms with Crippen LogP contribution in [0.4, 0.5) is 0 Å². The highest BCUT2D eigenvalue weighted by Gasteiger charge is 2.35. The highest BCUT2D eigenvalue weighted by atomic mass is 15.2. The molecule has 2 heteroatoms. The van der Waals surface area contributed by atoms with Gasteiger partial charge in [0.05, 0.1) is 0 Å². The smallest absolute Gasteiger partial charge is 0.0249 e. The number of hydrogen-bond donors (Lipinski definition) is 1. The summed E-state index contributed by atoms with van der Waals surface area (Å²) >= 11 is 0. The van der Waals surface area contributed by atoms with E-state index in [-0.39, 0.29) is 0 Å². The van der Waals surface area contributed by atoms with E-state index in [1.807, 2.05) is 0 Å². The molecule has 1 N–H and O–H groups in total.